The number of benzene rings is 2. The van der Waals surface area contributed by atoms with Gasteiger partial charge in [0.15, 0.2) is 0 Å². The third-order valence-electron chi connectivity index (χ3n) is 4.42. The smallest absolute Gasteiger partial charge is 0.423 e. The van der Waals surface area contributed by atoms with Crippen LogP contribution in [-0.4, -0.2) is 52.7 Å². The molecule has 0 bridgehead atoms. The zero-order valence-corrected chi connectivity index (χ0v) is 21.0. The first-order chi connectivity index (χ1) is 15.2. The molecule has 0 N–H and O–H groups in total. The second-order valence-corrected chi connectivity index (χ2v) is 11.9. The maximum Gasteiger partial charge on any atom is 0.423 e. The molecule has 0 aliphatic rings. The van der Waals surface area contributed by atoms with E-state index < -0.39 is 32.2 Å². The fourth-order valence-electron chi connectivity index (χ4n) is 3.33. The van der Waals surface area contributed by atoms with Crippen molar-refractivity contribution in [1.29, 1.82) is 0 Å². The molecule has 0 aromatic heterocycles. The topological polar surface area (TPSA) is 97.4 Å². The van der Waals surface area contributed by atoms with Gasteiger partial charge in [-0.15, -0.1) is 0 Å². The van der Waals surface area contributed by atoms with Crippen LogP contribution in [0.5, 0.6) is 0 Å². The van der Waals surface area contributed by atoms with Gasteiger partial charge in [0, 0.05) is 20.8 Å². The minimum atomic E-state index is -3.05. The minimum Gasteiger partial charge on any atom is -0.435 e. The average Bonchev–Trinajstić information content (AvgIpc) is 2.74. The summed E-state index contributed by atoms with van der Waals surface area (Å²) in [4.78, 5) is 35.4. The van der Waals surface area contributed by atoms with E-state index in [4.69, 9.17) is 22.4 Å². The largest absolute Gasteiger partial charge is 0.435 e. The molecule has 0 aliphatic carbocycles. The van der Waals surface area contributed by atoms with Gasteiger partial charge in [-0.2, -0.15) is 0 Å². The number of ether oxygens (including phenoxy) is 3. The summed E-state index contributed by atoms with van der Waals surface area (Å²) in [5, 5.41) is 1.81. The fraction of sp³-hybridized carbons (Fsp3) is 0.286. The van der Waals surface area contributed by atoms with Gasteiger partial charge in [0.1, 0.15) is 0 Å². The number of esters is 3. The van der Waals surface area contributed by atoms with Gasteiger partial charge in [0.2, 0.25) is 18.8 Å². The van der Waals surface area contributed by atoms with Crippen molar-refractivity contribution in [2.45, 2.75) is 39.2 Å². The summed E-state index contributed by atoms with van der Waals surface area (Å²) in [6, 6.07) is 19.3. The third kappa shape index (κ3) is 6.97. The lowest BCUT2D eigenvalue weighted by molar-refractivity contribution is -0.328. The van der Waals surface area contributed by atoms with Crippen molar-refractivity contribution in [1.82, 2.24) is 0 Å². The Labute approximate surface area is 193 Å². The molecule has 5 radical (unpaired) electrons. The van der Waals surface area contributed by atoms with E-state index in [9.17, 15) is 14.4 Å². The zero-order valence-electron chi connectivity index (χ0n) is 18.0. The maximum absolute atomic E-state index is 11.8. The lowest BCUT2D eigenvalue weighted by Gasteiger charge is -2.36. The highest BCUT2D eigenvalue weighted by Crippen LogP contribution is 2.28. The molecule has 0 spiro atoms. The molecule has 0 atom stereocenters. The summed E-state index contributed by atoms with van der Waals surface area (Å²) < 4.78 is 27.1. The van der Waals surface area contributed by atoms with Gasteiger partial charge in [-0.25, -0.2) is 0 Å². The Bertz CT molecular complexity index is 827. The minimum absolute atomic E-state index is 0.145. The van der Waals surface area contributed by atoms with E-state index >= 15 is 0 Å². The van der Waals surface area contributed by atoms with Gasteiger partial charge in [-0.3, -0.25) is 14.4 Å². The highest BCUT2D eigenvalue weighted by atomic mass is 28.4. The van der Waals surface area contributed by atoms with Crippen LogP contribution in [0.3, 0.4) is 0 Å². The van der Waals surface area contributed by atoms with Crippen molar-refractivity contribution >= 4 is 57.1 Å². The van der Waals surface area contributed by atoms with Gasteiger partial charge < -0.3 is 22.4 Å². The lowest BCUT2D eigenvalue weighted by atomic mass is 10.3. The Morgan fingerprint density at radius 2 is 1.22 bits per heavy atom. The predicted octanol–water partition coefficient (Wildman–Crippen LogP) is 1.13. The highest BCUT2D eigenvalue weighted by Gasteiger charge is 2.48. The van der Waals surface area contributed by atoms with Crippen LogP contribution in [0.15, 0.2) is 60.7 Å². The SMILES string of the molecule is CC(=O)OC(CC[Si](O[Si]O[Si])(c1ccccc1)c1ccccc1)(OC(C)=O)OC(C)=O. The molecular weight excluding hydrogens is 464 g/mol. The molecule has 0 amide bonds. The van der Waals surface area contributed by atoms with Crippen molar-refractivity contribution in [2.75, 3.05) is 0 Å². The molecule has 2 aromatic carbocycles. The lowest BCUT2D eigenvalue weighted by Crippen LogP contribution is -2.62. The summed E-state index contributed by atoms with van der Waals surface area (Å²) >= 11 is 0. The first-order valence-corrected chi connectivity index (χ1v) is 13.0. The molecule has 0 fully saturated rings. The molecule has 0 saturated heterocycles. The van der Waals surface area contributed by atoms with Crippen molar-refractivity contribution in [2.24, 2.45) is 0 Å². The third-order valence-corrected chi connectivity index (χ3v) is 9.97. The van der Waals surface area contributed by atoms with E-state index in [0.717, 1.165) is 31.1 Å². The fourth-order valence-corrected chi connectivity index (χ4v) is 8.83. The van der Waals surface area contributed by atoms with Gasteiger partial charge >= 0.3 is 33.9 Å². The second kappa shape index (κ2) is 11.9. The molecule has 2 aromatic rings. The standard InChI is InChI=1S/C21H23O8Si3/c1-16(22)25-21(26-17(2)23,27-18(3)24)14-15-32(29-31-28-30,19-10-6-4-7-11-19)20-12-8-5-9-13-20/h4-13H,14-15H2,1-3H3. The summed E-state index contributed by atoms with van der Waals surface area (Å²) in [5.74, 6) is -4.53. The van der Waals surface area contributed by atoms with Crippen molar-refractivity contribution in [3.05, 3.63) is 60.7 Å². The predicted molar refractivity (Wildman–Crippen MR) is 119 cm³/mol. The molecule has 167 valence electrons. The van der Waals surface area contributed by atoms with E-state index in [-0.39, 0.29) is 22.5 Å². The molecule has 11 heteroatoms. The zero-order chi connectivity index (χ0) is 23.6. The van der Waals surface area contributed by atoms with Gasteiger partial charge in [-0.05, 0) is 16.4 Å². The van der Waals surface area contributed by atoms with E-state index in [2.05, 4.69) is 10.5 Å². The first kappa shape index (κ1) is 25.7. The monoisotopic (exact) mass is 487 g/mol. The van der Waals surface area contributed by atoms with Crippen LogP contribution in [0.25, 0.3) is 0 Å². The normalized spacial score (nSPS) is 11.5. The molecule has 0 saturated carbocycles. The van der Waals surface area contributed by atoms with Gasteiger partial charge in [0.05, 0.1) is 6.42 Å². The summed E-state index contributed by atoms with van der Waals surface area (Å²) in [5.41, 5.74) is 0. The first-order valence-electron chi connectivity index (χ1n) is 9.68. The Hall–Kier alpha value is -2.58. The second-order valence-electron chi connectivity index (χ2n) is 6.81. The van der Waals surface area contributed by atoms with Crippen LogP contribution >= 0.6 is 0 Å². The van der Waals surface area contributed by atoms with Crippen LogP contribution in [0.4, 0.5) is 0 Å². The molecule has 0 unspecified atom stereocenters. The van der Waals surface area contributed by atoms with Crippen LogP contribution in [-0.2, 0) is 36.8 Å². The number of hydrogen-bond acceptors (Lipinski definition) is 8. The Kier molecular flexibility index (Phi) is 9.53. The summed E-state index contributed by atoms with van der Waals surface area (Å²) in [6.45, 7) is 3.41. The number of carbonyl (C=O) groups excluding carboxylic acids is 3. The Morgan fingerprint density at radius 3 is 1.56 bits per heavy atom. The molecule has 0 heterocycles. The van der Waals surface area contributed by atoms with Crippen LogP contribution in [0.2, 0.25) is 6.04 Å². The molecular formula is C21H23O8Si3. The molecule has 8 nitrogen and oxygen atoms in total. The maximum atomic E-state index is 11.8. The van der Waals surface area contributed by atoms with Crippen LogP contribution in [0.1, 0.15) is 27.2 Å². The van der Waals surface area contributed by atoms with Crippen LogP contribution < -0.4 is 10.4 Å². The van der Waals surface area contributed by atoms with E-state index in [0.29, 0.717) is 0 Å². The van der Waals surface area contributed by atoms with Gasteiger partial charge in [0.25, 0.3) is 0 Å². The number of carbonyl (C=O) groups is 3. The molecule has 0 aliphatic heterocycles. The molecule has 32 heavy (non-hydrogen) atoms. The van der Waals surface area contributed by atoms with Gasteiger partial charge in [-0.1, -0.05) is 60.7 Å². The quantitative estimate of drug-likeness (QED) is 0.264. The van der Waals surface area contributed by atoms with Crippen LogP contribution in [0, 0.1) is 0 Å². The highest BCUT2D eigenvalue weighted by molar-refractivity contribution is 6.99. The Morgan fingerprint density at radius 1 is 0.812 bits per heavy atom. The number of hydrogen-bond donors (Lipinski definition) is 0. The summed E-state index contributed by atoms with van der Waals surface area (Å²) in [7, 11) is -0.409. The summed E-state index contributed by atoms with van der Waals surface area (Å²) in [6.07, 6.45) is -0.145. The van der Waals surface area contributed by atoms with Crippen molar-refractivity contribution in [3.8, 4) is 0 Å². The van der Waals surface area contributed by atoms with Crippen molar-refractivity contribution in [3.63, 3.8) is 0 Å². The van der Waals surface area contributed by atoms with E-state index in [1.807, 2.05) is 60.7 Å². The molecule has 2 rings (SSSR count). The van der Waals surface area contributed by atoms with Crippen molar-refractivity contribution < 1.29 is 36.8 Å². The average molecular weight is 488 g/mol. The van der Waals surface area contributed by atoms with E-state index in [1.54, 1.807) is 0 Å². The number of rotatable bonds is 11. The Balaban J connectivity index is 2.58. The van der Waals surface area contributed by atoms with E-state index in [1.165, 1.54) is 0 Å².